The minimum atomic E-state index is -3.20. The molecule has 1 saturated carbocycles. The van der Waals surface area contributed by atoms with Gasteiger partial charge in [-0.05, 0) is 0 Å². The Morgan fingerprint density at radius 1 is 0.732 bits per heavy atom. The van der Waals surface area contributed by atoms with Crippen molar-refractivity contribution >= 4 is 32.6 Å². The second-order valence-electron chi connectivity index (χ2n) is 12.5. The first kappa shape index (κ1) is 29.4. The van der Waals surface area contributed by atoms with Gasteiger partial charge < -0.3 is 0 Å². The molecule has 1 aliphatic carbocycles. The Bertz CT molecular complexity index is 1290. The molecule has 4 aromatic carbocycles. The quantitative estimate of drug-likeness (QED) is 0.150. The van der Waals surface area contributed by atoms with Gasteiger partial charge in [0.15, 0.2) is 0 Å². The van der Waals surface area contributed by atoms with Crippen LogP contribution in [-0.4, -0.2) is 25.6 Å². The van der Waals surface area contributed by atoms with Crippen LogP contribution in [0.3, 0.4) is 0 Å². The Morgan fingerprint density at radius 2 is 1.17 bits per heavy atom. The summed E-state index contributed by atoms with van der Waals surface area (Å²) in [5.41, 5.74) is 1.22. The summed E-state index contributed by atoms with van der Waals surface area (Å²) in [7, 11) is 0. The van der Waals surface area contributed by atoms with Gasteiger partial charge in [-0.2, -0.15) is 0 Å². The Labute approximate surface area is 249 Å². The van der Waals surface area contributed by atoms with E-state index in [9.17, 15) is 4.79 Å². The number of ether oxygens (including phenoxy) is 1. The van der Waals surface area contributed by atoms with Crippen LogP contribution < -0.4 is 13.1 Å². The zero-order valence-corrected chi connectivity index (χ0v) is 26.8. The van der Waals surface area contributed by atoms with Gasteiger partial charge in [0.2, 0.25) is 0 Å². The molecule has 1 fully saturated rings. The van der Waals surface area contributed by atoms with Crippen molar-refractivity contribution in [1.29, 1.82) is 0 Å². The van der Waals surface area contributed by atoms with E-state index >= 15 is 0 Å². The molecule has 0 radical (unpaired) electrons. The first-order valence-electron chi connectivity index (χ1n) is 15.1. The molecule has 0 bridgehead atoms. The van der Waals surface area contributed by atoms with Crippen molar-refractivity contribution in [2.24, 2.45) is 17.8 Å². The predicted molar refractivity (Wildman–Crippen MR) is 174 cm³/mol. The normalized spacial score (nSPS) is 19.6. The van der Waals surface area contributed by atoms with Gasteiger partial charge in [-0.1, -0.05) is 0 Å². The number of esters is 1. The molecule has 5 rings (SSSR count). The topological polar surface area (TPSA) is 26.3 Å². The maximum atomic E-state index is 14.3. The van der Waals surface area contributed by atoms with Crippen LogP contribution >= 0.6 is 0 Å². The molecule has 0 amide bonds. The Kier molecular flexibility index (Phi) is 9.20. The molecule has 0 unspecified atom stereocenters. The molecule has 0 heterocycles. The van der Waals surface area contributed by atoms with Gasteiger partial charge in [-0.25, -0.2) is 0 Å². The third-order valence-corrected chi connectivity index (χ3v) is 18.4. The summed E-state index contributed by atoms with van der Waals surface area (Å²) in [4.78, 5) is 14.3. The van der Waals surface area contributed by atoms with Crippen molar-refractivity contribution in [3.8, 4) is 0 Å². The Hall–Kier alpha value is -3.09. The van der Waals surface area contributed by atoms with Gasteiger partial charge >= 0.3 is 250 Å². The van der Waals surface area contributed by atoms with Gasteiger partial charge in [-0.3, -0.25) is 0 Å². The molecule has 4 aromatic rings. The molecule has 212 valence electrons. The van der Waals surface area contributed by atoms with Gasteiger partial charge in [-0.15, -0.1) is 0 Å². The van der Waals surface area contributed by atoms with Gasteiger partial charge in [0, 0.05) is 0 Å². The third-order valence-electron chi connectivity index (χ3n) is 9.46. The van der Waals surface area contributed by atoms with Crippen LogP contribution in [0.15, 0.2) is 121 Å². The molecule has 41 heavy (non-hydrogen) atoms. The summed E-state index contributed by atoms with van der Waals surface area (Å²) in [5, 5.41) is 0.416. The number of benzene rings is 4. The summed E-state index contributed by atoms with van der Waals surface area (Å²) in [6.45, 7) is 9.36. The first-order chi connectivity index (χ1) is 19.8. The SMILES string of the molecule is CC(C)[C@@H]1CC[C@@H](OC(=O)C[As+](c2ccccc2)(c2ccccc2)c2ccccc2)[C@H](C(C)(C)c2ccccc2)C1. The van der Waals surface area contributed by atoms with Crippen molar-refractivity contribution in [2.45, 2.75) is 63.7 Å². The molecule has 0 aliphatic heterocycles. The molecule has 3 atom stereocenters. The van der Waals surface area contributed by atoms with E-state index in [2.05, 4.69) is 149 Å². The van der Waals surface area contributed by atoms with E-state index in [1.165, 1.54) is 18.6 Å². The van der Waals surface area contributed by atoms with Crippen LogP contribution in [0.5, 0.6) is 0 Å². The summed E-state index contributed by atoms with van der Waals surface area (Å²) < 4.78 is 10.5. The summed E-state index contributed by atoms with van der Waals surface area (Å²) in [5.74, 6) is 1.47. The molecule has 0 aromatic heterocycles. The van der Waals surface area contributed by atoms with E-state index in [1.54, 1.807) is 0 Å². The molecule has 0 saturated heterocycles. The number of rotatable bonds is 9. The van der Waals surface area contributed by atoms with Crippen LogP contribution in [0.1, 0.15) is 52.5 Å². The average molecular weight is 608 g/mol. The second-order valence-corrected chi connectivity index (χ2v) is 19.8. The second kappa shape index (κ2) is 12.8. The van der Waals surface area contributed by atoms with E-state index < -0.39 is 13.6 Å². The van der Waals surface area contributed by atoms with E-state index in [4.69, 9.17) is 4.74 Å². The first-order valence-corrected chi connectivity index (χ1v) is 19.3. The Morgan fingerprint density at radius 3 is 1.61 bits per heavy atom. The van der Waals surface area contributed by atoms with Crippen LogP contribution in [0.4, 0.5) is 0 Å². The van der Waals surface area contributed by atoms with E-state index in [0.29, 0.717) is 17.0 Å². The van der Waals surface area contributed by atoms with Crippen molar-refractivity contribution in [3.63, 3.8) is 0 Å². The fraction of sp³-hybridized carbons (Fsp3) is 0.342. The van der Waals surface area contributed by atoms with Crippen LogP contribution in [0.25, 0.3) is 0 Å². The van der Waals surface area contributed by atoms with Gasteiger partial charge in [0.25, 0.3) is 0 Å². The standard InChI is InChI=1S/C38H44AsO2/c1-29(2)30-25-26-36(35(27-30)38(3,4)31-17-9-5-10-18-31)41-37(40)28-39(32-19-11-6-12-20-32,33-21-13-7-14-22-33)34-23-15-8-16-24-34/h5-24,29-30,35-36H,25-28H2,1-4H3/q+1/t30-,35-,36-/m1/s1. The summed E-state index contributed by atoms with van der Waals surface area (Å²) >= 11 is -3.20. The predicted octanol–water partition coefficient (Wildman–Crippen LogP) is 7.12. The summed E-state index contributed by atoms with van der Waals surface area (Å²) in [6.07, 6.45) is 3.03. The fourth-order valence-corrected chi connectivity index (χ4v) is 15.2. The molecule has 0 spiro atoms. The molecule has 0 N–H and O–H groups in total. The van der Waals surface area contributed by atoms with Crippen LogP contribution in [0.2, 0.25) is 5.21 Å². The van der Waals surface area contributed by atoms with Crippen LogP contribution in [0, 0.1) is 17.8 Å². The van der Waals surface area contributed by atoms with E-state index in [-0.39, 0.29) is 23.4 Å². The van der Waals surface area contributed by atoms with Gasteiger partial charge in [0.1, 0.15) is 0 Å². The van der Waals surface area contributed by atoms with Crippen molar-refractivity contribution in [1.82, 2.24) is 0 Å². The van der Waals surface area contributed by atoms with Crippen molar-refractivity contribution < 1.29 is 9.53 Å². The van der Waals surface area contributed by atoms with E-state index in [0.717, 1.165) is 19.3 Å². The molecular formula is C38H44AsO2+. The zero-order valence-electron chi connectivity index (χ0n) is 24.9. The molecular weight excluding hydrogens is 563 g/mol. The molecule has 3 heteroatoms. The minimum absolute atomic E-state index is 0.0593. The van der Waals surface area contributed by atoms with Gasteiger partial charge in [0.05, 0.1) is 0 Å². The number of carbonyl (C=O) groups is 1. The van der Waals surface area contributed by atoms with Crippen LogP contribution in [-0.2, 0) is 14.9 Å². The number of carbonyl (C=O) groups excluding carboxylic acids is 1. The zero-order chi connectivity index (χ0) is 28.9. The number of hydrogen-bond acceptors (Lipinski definition) is 2. The fourth-order valence-electron chi connectivity index (χ4n) is 6.93. The van der Waals surface area contributed by atoms with Crippen molar-refractivity contribution in [3.05, 3.63) is 127 Å². The molecule has 2 nitrogen and oxygen atoms in total. The average Bonchev–Trinajstić information content (AvgIpc) is 3.01. The Balaban J connectivity index is 1.52. The number of hydrogen-bond donors (Lipinski definition) is 0. The molecule has 1 aliphatic rings. The third kappa shape index (κ3) is 6.24. The van der Waals surface area contributed by atoms with E-state index in [1.807, 2.05) is 0 Å². The van der Waals surface area contributed by atoms with Crippen molar-refractivity contribution in [2.75, 3.05) is 0 Å². The maximum absolute atomic E-state index is 14.3. The monoisotopic (exact) mass is 607 g/mol. The summed E-state index contributed by atoms with van der Waals surface area (Å²) in [6, 6.07) is 42.9.